The SMILES string of the molecule is CC[NH+](CC)CCOC(=O)c1ccc(N=Cc2c(O)ccc3ccccc23)cc1. The molecular formula is C24H27N2O3+. The van der Waals surface area contributed by atoms with Crippen LogP contribution in [0.5, 0.6) is 5.75 Å². The van der Waals surface area contributed by atoms with Crippen molar-refractivity contribution >= 4 is 28.6 Å². The van der Waals surface area contributed by atoms with Gasteiger partial charge in [-0.1, -0.05) is 30.3 Å². The minimum Gasteiger partial charge on any atom is -0.507 e. The van der Waals surface area contributed by atoms with Gasteiger partial charge in [-0.2, -0.15) is 0 Å². The topological polar surface area (TPSA) is 63.3 Å². The van der Waals surface area contributed by atoms with E-state index in [1.54, 1.807) is 36.5 Å². The highest BCUT2D eigenvalue weighted by molar-refractivity contribution is 6.03. The molecule has 0 aliphatic heterocycles. The molecule has 0 amide bonds. The summed E-state index contributed by atoms with van der Waals surface area (Å²) in [6, 6.07) is 18.3. The zero-order valence-electron chi connectivity index (χ0n) is 16.9. The van der Waals surface area contributed by atoms with Crippen molar-refractivity contribution in [1.29, 1.82) is 0 Å². The van der Waals surface area contributed by atoms with Crippen molar-refractivity contribution in [2.24, 2.45) is 4.99 Å². The summed E-state index contributed by atoms with van der Waals surface area (Å²) in [6.45, 7) is 7.52. The molecule has 3 rings (SSSR count). The molecule has 5 nitrogen and oxygen atoms in total. The van der Waals surface area contributed by atoms with E-state index in [0.717, 1.165) is 30.4 Å². The minimum atomic E-state index is -0.321. The van der Waals surface area contributed by atoms with E-state index in [9.17, 15) is 9.90 Å². The van der Waals surface area contributed by atoms with E-state index in [4.69, 9.17) is 4.74 Å². The molecule has 0 unspecified atom stereocenters. The third-order valence-corrected chi connectivity index (χ3v) is 5.08. The van der Waals surface area contributed by atoms with Crippen LogP contribution >= 0.6 is 0 Å². The molecule has 0 radical (unpaired) electrons. The molecule has 3 aromatic rings. The maximum absolute atomic E-state index is 12.2. The summed E-state index contributed by atoms with van der Waals surface area (Å²) < 4.78 is 5.36. The van der Waals surface area contributed by atoms with Gasteiger partial charge in [-0.05, 0) is 55.0 Å². The summed E-state index contributed by atoms with van der Waals surface area (Å²) >= 11 is 0. The van der Waals surface area contributed by atoms with E-state index < -0.39 is 0 Å². The number of carbonyl (C=O) groups is 1. The number of esters is 1. The molecule has 0 aliphatic carbocycles. The minimum absolute atomic E-state index is 0.183. The molecule has 0 aliphatic rings. The molecule has 2 N–H and O–H groups in total. The number of aliphatic imine (C=N–C) groups is 1. The van der Waals surface area contributed by atoms with E-state index in [1.165, 1.54) is 4.90 Å². The fourth-order valence-corrected chi connectivity index (χ4v) is 3.22. The predicted octanol–water partition coefficient (Wildman–Crippen LogP) is 3.38. The van der Waals surface area contributed by atoms with Crippen LogP contribution in [0.2, 0.25) is 0 Å². The Kier molecular flexibility index (Phi) is 6.98. The summed E-state index contributed by atoms with van der Waals surface area (Å²) in [7, 11) is 0. The van der Waals surface area contributed by atoms with Crippen LogP contribution in [0, 0.1) is 0 Å². The summed E-state index contributed by atoms with van der Waals surface area (Å²) in [5, 5.41) is 12.2. The molecule has 0 heterocycles. The van der Waals surface area contributed by atoms with E-state index in [2.05, 4.69) is 18.8 Å². The van der Waals surface area contributed by atoms with Crippen LogP contribution in [-0.2, 0) is 4.74 Å². The molecule has 29 heavy (non-hydrogen) atoms. The number of hydrogen-bond donors (Lipinski definition) is 2. The van der Waals surface area contributed by atoms with Crippen molar-refractivity contribution < 1.29 is 19.5 Å². The summed E-state index contributed by atoms with van der Waals surface area (Å²) in [5.41, 5.74) is 1.87. The number of aromatic hydroxyl groups is 1. The molecule has 3 aromatic carbocycles. The largest absolute Gasteiger partial charge is 0.507 e. The molecule has 0 atom stereocenters. The monoisotopic (exact) mass is 391 g/mol. The van der Waals surface area contributed by atoms with E-state index in [0.29, 0.717) is 23.4 Å². The zero-order valence-corrected chi connectivity index (χ0v) is 16.9. The van der Waals surface area contributed by atoms with Gasteiger partial charge >= 0.3 is 5.97 Å². The summed E-state index contributed by atoms with van der Waals surface area (Å²) in [6.07, 6.45) is 1.65. The highest BCUT2D eigenvalue weighted by atomic mass is 16.5. The average Bonchev–Trinajstić information content (AvgIpc) is 2.76. The first-order valence-electron chi connectivity index (χ1n) is 9.98. The number of phenols is 1. The van der Waals surface area contributed by atoms with Gasteiger partial charge in [-0.15, -0.1) is 0 Å². The van der Waals surface area contributed by atoms with Gasteiger partial charge in [0.2, 0.25) is 0 Å². The smallest absolute Gasteiger partial charge is 0.338 e. The van der Waals surface area contributed by atoms with Gasteiger partial charge in [0.25, 0.3) is 0 Å². The van der Waals surface area contributed by atoms with Gasteiger partial charge in [0.05, 0.1) is 24.3 Å². The first-order chi connectivity index (χ1) is 14.1. The number of hydrogen-bond acceptors (Lipinski definition) is 4. The van der Waals surface area contributed by atoms with Gasteiger partial charge < -0.3 is 14.7 Å². The highest BCUT2D eigenvalue weighted by Gasteiger charge is 2.09. The van der Waals surface area contributed by atoms with Crippen LogP contribution < -0.4 is 4.90 Å². The number of carbonyl (C=O) groups excluding carboxylic acids is 1. The Hall–Kier alpha value is -3.18. The second-order valence-electron chi connectivity index (χ2n) is 6.87. The Balaban J connectivity index is 1.67. The lowest BCUT2D eigenvalue weighted by Gasteiger charge is -2.15. The number of rotatable bonds is 8. The molecular weight excluding hydrogens is 364 g/mol. The molecule has 5 heteroatoms. The normalized spacial score (nSPS) is 11.4. The second kappa shape index (κ2) is 9.85. The van der Waals surface area contributed by atoms with Gasteiger partial charge in [0.1, 0.15) is 18.9 Å². The van der Waals surface area contributed by atoms with Crippen LogP contribution in [0.1, 0.15) is 29.8 Å². The van der Waals surface area contributed by atoms with Gasteiger partial charge in [-0.3, -0.25) is 4.99 Å². The maximum Gasteiger partial charge on any atom is 0.338 e. The number of benzene rings is 3. The number of nitrogens with one attached hydrogen (secondary N) is 1. The lowest BCUT2D eigenvalue weighted by Crippen LogP contribution is -3.11. The van der Waals surface area contributed by atoms with Crippen molar-refractivity contribution in [3.05, 3.63) is 71.8 Å². The zero-order chi connectivity index (χ0) is 20.6. The third kappa shape index (κ3) is 5.21. The standard InChI is InChI=1S/C24H26N2O3/c1-3-26(4-2)15-16-29-24(28)19-9-12-20(13-10-19)25-17-22-21-8-6-5-7-18(21)11-14-23(22)27/h5-14,17,27H,3-4,15-16H2,1-2H3/p+1. The molecule has 0 spiro atoms. The highest BCUT2D eigenvalue weighted by Crippen LogP contribution is 2.26. The number of quaternary nitrogens is 1. The first-order valence-corrected chi connectivity index (χ1v) is 9.98. The van der Waals surface area contributed by atoms with Gasteiger partial charge in [0, 0.05) is 11.8 Å². The Morgan fingerprint density at radius 2 is 1.76 bits per heavy atom. The number of ether oxygens (including phenoxy) is 1. The van der Waals surface area contributed by atoms with Crippen molar-refractivity contribution in [1.82, 2.24) is 0 Å². The molecule has 0 saturated carbocycles. The van der Waals surface area contributed by atoms with E-state index in [1.807, 2.05) is 30.3 Å². The Morgan fingerprint density at radius 3 is 2.48 bits per heavy atom. The molecule has 0 saturated heterocycles. The number of nitrogens with zero attached hydrogens (tertiary/aromatic N) is 1. The number of likely N-dealkylation sites (N-methyl/N-ethyl adjacent to an activating group) is 1. The summed E-state index contributed by atoms with van der Waals surface area (Å²) in [4.78, 5) is 18.0. The molecule has 0 fully saturated rings. The van der Waals surface area contributed by atoms with Crippen LogP contribution in [0.25, 0.3) is 10.8 Å². The molecule has 0 aromatic heterocycles. The van der Waals surface area contributed by atoms with E-state index >= 15 is 0 Å². The van der Waals surface area contributed by atoms with Crippen molar-refractivity contribution in [2.45, 2.75) is 13.8 Å². The van der Waals surface area contributed by atoms with E-state index in [-0.39, 0.29) is 11.7 Å². The third-order valence-electron chi connectivity index (χ3n) is 5.08. The number of phenolic OH excluding ortho intramolecular Hbond substituents is 1. The lowest BCUT2D eigenvalue weighted by atomic mass is 10.0. The van der Waals surface area contributed by atoms with Crippen LogP contribution in [-0.4, -0.2) is 43.5 Å². The fraction of sp³-hybridized carbons (Fsp3) is 0.250. The van der Waals surface area contributed by atoms with Crippen LogP contribution in [0.3, 0.4) is 0 Å². The second-order valence-corrected chi connectivity index (χ2v) is 6.87. The van der Waals surface area contributed by atoms with Crippen molar-refractivity contribution in [3.63, 3.8) is 0 Å². The van der Waals surface area contributed by atoms with Crippen LogP contribution in [0.15, 0.2) is 65.7 Å². The molecule has 0 bridgehead atoms. The first kappa shape index (κ1) is 20.6. The maximum atomic E-state index is 12.2. The van der Waals surface area contributed by atoms with Crippen LogP contribution in [0.4, 0.5) is 5.69 Å². The summed E-state index contributed by atoms with van der Waals surface area (Å²) in [5.74, 6) is -0.137. The average molecular weight is 391 g/mol. The van der Waals surface area contributed by atoms with Gasteiger partial charge in [-0.25, -0.2) is 4.79 Å². The number of fused-ring (bicyclic) bond motifs is 1. The Morgan fingerprint density at radius 1 is 1.03 bits per heavy atom. The Labute approximate surface area is 171 Å². The van der Waals surface area contributed by atoms with Crippen molar-refractivity contribution in [3.8, 4) is 5.75 Å². The predicted molar refractivity (Wildman–Crippen MR) is 117 cm³/mol. The van der Waals surface area contributed by atoms with Gasteiger partial charge in [0.15, 0.2) is 0 Å². The lowest BCUT2D eigenvalue weighted by molar-refractivity contribution is -0.896. The quantitative estimate of drug-likeness (QED) is 0.457. The Bertz CT molecular complexity index is 993. The van der Waals surface area contributed by atoms with Crippen molar-refractivity contribution in [2.75, 3.05) is 26.2 Å². The fourth-order valence-electron chi connectivity index (χ4n) is 3.22. The molecule has 150 valence electrons.